The molecule has 8 nitrogen and oxygen atoms in total. The van der Waals surface area contributed by atoms with Crippen LogP contribution in [0.1, 0.15) is 128 Å². The minimum Gasteiger partial charge on any atom is -0.399 e. The molecule has 0 amide bonds. The number of fused-ring (bicyclic) bond motifs is 3. The van der Waals surface area contributed by atoms with E-state index < -0.39 is 0 Å². The van der Waals surface area contributed by atoms with Crippen LogP contribution in [-0.4, -0.2) is 36.1 Å². The maximum atomic E-state index is 12.6. The van der Waals surface area contributed by atoms with Gasteiger partial charge in [-0.3, -0.25) is 15.0 Å². The molecule has 4 aromatic carbocycles. The Bertz CT molecular complexity index is 1760. The van der Waals surface area contributed by atoms with E-state index >= 15 is 0 Å². The Morgan fingerprint density at radius 1 is 0.600 bits per heavy atom. The number of hydrogen-bond donors (Lipinski definition) is 3. The zero-order valence-electron chi connectivity index (χ0n) is 37.5. The first-order valence-electron chi connectivity index (χ1n) is 20.2. The Labute approximate surface area is 334 Å². The van der Waals surface area contributed by atoms with Crippen LogP contribution in [0.3, 0.4) is 0 Å². The van der Waals surface area contributed by atoms with E-state index in [2.05, 4.69) is 25.5 Å². The Morgan fingerprint density at radius 3 is 1.56 bits per heavy atom. The third-order valence-corrected chi connectivity index (χ3v) is 5.73. The maximum Gasteiger partial charge on any atom is 0.244 e. The molecule has 4 N–H and O–H groups in total. The number of rotatable bonds is 0. The van der Waals surface area contributed by atoms with E-state index in [4.69, 9.17) is 5.73 Å². The van der Waals surface area contributed by atoms with Gasteiger partial charge in [0.15, 0.2) is 0 Å². The first-order valence-corrected chi connectivity index (χ1v) is 20.2. The van der Waals surface area contributed by atoms with Crippen LogP contribution in [0.2, 0.25) is 0 Å². The number of H-pyrrole nitrogens is 2. The molecule has 3 heterocycles. The lowest BCUT2D eigenvalue weighted by atomic mass is 10.2. The van der Waals surface area contributed by atoms with Crippen molar-refractivity contribution >= 4 is 44.3 Å². The molecule has 0 atom stereocenters. The number of aromatic nitrogens is 6. The van der Waals surface area contributed by atoms with Crippen molar-refractivity contribution in [1.29, 1.82) is 0 Å². The van der Waals surface area contributed by atoms with Gasteiger partial charge in [-0.25, -0.2) is 4.68 Å². The second-order valence-electron chi connectivity index (χ2n) is 8.50. The van der Waals surface area contributed by atoms with Gasteiger partial charge in [0.2, 0.25) is 11.9 Å². The number of nitrogen functional groups attached to an aromatic ring is 1. The fourth-order valence-electron chi connectivity index (χ4n) is 3.62. The highest BCUT2D eigenvalue weighted by atomic mass is 19.1. The fraction of sp³-hybridized carbons (Fsp3) is 0.391. The quantitative estimate of drug-likeness (QED) is 0.133. The molecule has 0 aliphatic carbocycles. The van der Waals surface area contributed by atoms with Crippen LogP contribution in [-0.2, 0) is 0 Å². The molecule has 3 aromatic heterocycles. The highest BCUT2D eigenvalue weighted by Crippen LogP contribution is 2.13. The molecule has 0 fully saturated rings. The summed E-state index contributed by atoms with van der Waals surface area (Å²) in [5.74, 6) is -0.424. The molecule has 0 unspecified atom stereocenters. The van der Waals surface area contributed by atoms with Crippen molar-refractivity contribution in [3.05, 3.63) is 121 Å². The number of aryl methyl sites for hydroxylation is 1. The largest absolute Gasteiger partial charge is 0.399 e. The smallest absolute Gasteiger partial charge is 0.244 e. The third kappa shape index (κ3) is 23.9. The number of aromatic amines is 2. The van der Waals surface area contributed by atoms with Gasteiger partial charge in [-0.2, -0.15) is 19.7 Å². The number of nitrogens with one attached hydrogen (secondary N) is 2. The lowest BCUT2D eigenvalue weighted by Crippen LogP contribution is -2.06. The summed E-state index contributed by atoms with van der Waals surface area (Å²) in [4.78, 5) is 11.0. The minimum absolute atomic E-state index is 0.0591. The van der Waals surface area contributed by atoms with Gasteiger partial charge in [-0.1, -0.05) is 178 Å². The van der Waals surface area contributed by atoms with Crippen molar-refractivity contribution in [1.82, 2.24) is 30.2 Å². The van der Waals surface area contributed by atoms with E-state index in [1.807, 2.05) is 203 Å². The molecule has 0 radical (unpaired) electrons. The minimum atomic E-state index is -0.365. The van der Waals surface area contributed by atoms with E-state index in [9.17, 15) is 9.18 Å². The molecule has 9 heteroatoms. The number of hydrogen-bond acceptors (Lipinski definition) is 5. The topological polar surface area (TPSA) is 118 Å². The Kier molecular flexibility index (Phi) is 46.2. The molecule has 0 saturated carbocycles. The summed E-state index contributed by atoms with van der Waals surface area (Å²) >= 11 is 0. The fourth-order valence-corrected chi connectivity index (χ4v) is 3.62. The third-order valence-electron chi connectivity index (χ3n) is 5.73. The summed E-state index contributed by atoms with van der Waals surface area (Å²) in [7, 11) is 0. The number of para-hydroxylation sites is 4. The van der Waals surface area contributed by atoms with Gasteiger partial charge in [0.25, 0.3) is 0 Å². The van der Waals surface area contributed by atoms with E-state index in [1.165, 1.54) is 11.6 Å². The predicted octanol–water partition coefficient (Wildman–Crippen LogP) is 14.7. The lowest BCUT2D eigenvalue weighted by Gasteiger charge is -1.94. The SMILES string of the molecule is CC.CC.CC.CC.CC.CC.CC.CC.CC(=O)n1ncc2ccccc21.Cc1ccccc1N.Fc1[nH]nc2ccccc12.c1ccc2[nH]ncc2c1. The number of benzene rings is 4. The monoisotopic (exact) mass is 762 g/mol. The molecule has 0 saturated heterocycles. The average molecular weight is 762 g/mol. The van der Waals surface area contributed by atoms with Crippen LogP contribution in [0.4, 0.5) is 10.1 Å². The van der Waals surface area contributed by atoms with Gasteiger partial charge in [-0.15, -0.1) is 0 Å². The zero-order valence-corrected chi connectivity index (χ0v) is 37.5. The van der Waals surface area contributed by atoms with Crippen molar-refractivity contribution in [3.63, 3.8) is 0 Å². The molecule has 7 aromatic rings. The number of anilines is 1. The van der Waals surface area contributed by atoms with Gasteiger partial charge in [0.05, 0.1) is 34.3 Å². The van der Waals surface area contributed by atoms with Crippen LogP contribution < -0.4 is 5.73 Å². The lowest BCUT2D eigenvalue weighted by molar-refractivity contribution is 0.0926. The number of carbonyl (C=O) groups excluding carboxylic acids is 1. The van der Waals surface area contributed by atoms with E-state index in [0.29, 0.717) is 10.9 Å². The summed E-state index contributed by atoms with van der Waals surface area (Å²) in [6.07, 6.45) is 3.51. The molecule has 308 valence electrons. The second-order valence-corrected chi connectivity index (χ2v) is 8.50. The number of nitrogens with two attached hydrogens (primary N) is 1. The summed E-state index contributed by atoms with van der Waals surface area (Å²) in [6, 6.07) is 30.5. The number of nitrogens with zero attached hydrogens (tertiary/aromatic N) is 4. The van der Waals surface area contributed by atoms with Gasteiger partial charge in [-0.05, 0) is 42.8 Å². The van der Waals surface area contributed by atoms with Crippen molar-refractivity contribution in [2.24, 2.45) is 0 Å². The number of carbonyl (C=O) groups is 1. The molecule has 0 aliphatic rings. The molecule has 7 rings (SSSR count). The standard InChI is InChI=1S/C9H8N2O.C7H5FN2.C7H6N2.C7H9N.8C2H6/c1-7(12)11-9-5-3-2-4-8(9)6-10-11;8-7-5-3-1-2-4-6(5)9-10-7;1-2-4-7-6(3-1)5-8-9-7;1-6-4-2-3-5-7(6)8;8*1-2/h2-6H,1H3;1-4H,(H,9,10);1-5H,(H,8,9);2-5H,8H2,1H3;8*1-2H3. The van der Waals surface area contributed by atoms with E-state index in [-0.39, 0.29) is 11.9 Å². The molecular formula is C46H76FN7O. The van der Waals surface area contributed by atoms with Crippen LogP contribution in [0.5, 0.6) is 0 Å². The van der Waals surface area contributed by atoms with E-state index in [1.54, 1.807) is 24.4 Å². The van der Waals surface area contributed by atoms with E-state index in [0.717, 1.165) is 33.1 Å². The first kappa shape index (κ1) is 59.0. The molecule has 0 aliphatic heterocycles. The average Bonchev–Trinajstić information content (AvgIpc) is 4.05. The van der Waals surface area contributed by atoms with Gasteiger partial charge < -0.3 is 5.73 Å². The zero-order chi connectivity index (χ0) is 43.6. The van der Waals surface area contributed by atoms with Crippen LogP contribution in [0.15, 0.2) is 109 Å². The van der Waals surface area contributed by atoms with Gasteiger partial charge >= 0.3 is 0 Å². The van der Waals surface area contributed by atoms with Gasteiger partial charge in [0.1, 0.15) is 0 Å². The van der Waals surface area contributed by atoms with Crippen molar-refractivity contribution in [2.45, 2.75) is 125 Å². The highest BCUT2D eigenvalue weighted by Gasteiger charge is 2.03. The second kappa shape index (κ2) is 43.1. The summed E-state index contributed by atoms with van der Waals surface area (Å²) < 4.78 is 14.0. The molecule has 0 bridgehead atoms. The van der Waals surface area contributed by atoms with Crippen LogP contribution in [0, 0.1) is 12.9 Å². The predicted molar refractivity (Wildman–Crippen MR) is 245 cm³/mol. The van der Waals surface area contributed by atoms with Gasteiger partial charge in [0, 0.05) is 23.4 Å². The van der Waals surface area contributed by atoms with Crippen molar-refractivity contribution in [3.8, 4) is 0 Å². The molecule has 0 spiro atoms. The van der Waals surface area contributed by atoms with Crippen LogP contribution >= 0.6 is 0 Å². The van der Waals surface area contributed by atoms with Crippen LogP contribution in [0.25, 0.3) is 32.7 Å². The first-order chi connectivity index (χ1) is 26.9. The normalized spacial score (nSPS) is 8.05. The molecular weight excluding hydrogens is 686 g/mol. The van der Waals surface area contributed by atoms with Crippen molar-refractivity contribution < 1.29 is 9.18 Å². The summed E-state index contributed by atoms with van der Waals surface area (Å²) in [5, 5.41) is 19.4. The highest BCUT2D eigenvalue weighted by molar-refractivity contribution is 5.89. The number of halogens is 1. The molecule has 55 heavy (non-hydrogen) atoms. The summed E-state index contributed by atoms with van der Waals surface area (Å²) in [6.45, 7) is 35.5. The van der Waals surface area contributed by atoms with Crippen molar-refractivity contribution in [2.75, 3.05) is 5.73 Å². The Hall–Kier alpha value is -5.31. The summed E-state index contributed by atoms with van der Waals surface area (Å²) in [5.41, 5.74) is 10.2. The maximum absolute atomic E-state index is 12.6. The Balaban J connectivity index is -0.000000181. The Morgan fingerprint density at radius 2 is 1.07 bits per heavy atom.